The van der Waals surface area contributed by atoms with Gasteiger partial charge in [0.1, 0.15) is 12.3 Å². The highest BCUT2D eigenvalue weighted by atomic mass is 16.6. The van der Waals surface area contributed by atoms with Crippen LogP contribution in [0.1, 0.15) is 22.8 Å². The molecule has 1 heterocycles. The molecular formula is C20H21N3O4. The zero-order valence-electron chi connectivity index (χ0n) is 14.9. The highest BCUT2D eigenvalue weighted by molar-refractivity contribution is 5.35. The molecule has 2 aromatic carbocycles. The first-order chi connectivity index (χ1) is 13.0. The molecule has 0 saturated heterocycles. The van der Waals surface area contributed by atoms with Crippen LogP contribution in [0.5, 0.6) is 0 Å². The number of hydrogen-bond donors (Lipinski definition) is 1. The van der Waals surface area contributed by atoms with Crippen LogP contribution in [0.2, 0.25) is 0 Å². The predicted molar refractivity (Wildman–Crippen MR) is 100 cm³/mol. The molecule has 1 aromatic heterocycles. The Bertz CT molecular complexity index is 895. The monoisotopic (exact) mass is 367 g/mol. The zero-order valence-corrected chi connectivity index (χ0v) is 14.9. The van der Waals surface area contributed by atoms with E-state index in [1.807, 2.05) is 61.5 Å². The van der Waals surface area contributed by atoms with Crippen molar-refractivity contribution in [1.29, 1.82) is 0 Å². The van der Waals surface area contributed by atoms with Crippen LogP contribution in [-0.2, 0) is 11.3 Å². The molecule has 0 saturated carbocycles. The molecule has 1 N–H and O–H groups in total. The predicted octanol–water partition coefficient (Wildman–Crippen LogP) is 3.27. The average Bonchev–Trinajstić information content (AvgIpc) is 3.13. The van der Waals surface area contributed by atoms with Gasteiger partial charge in [-0.25, -0.2) is 0 Å². The van der Waals surface area contributed by atoms with Crippen molar-refractivity contribution in [1.82, 2.24) is 9.55 Å². The fraction of sp³-hybridized carbons (Fsp3) is 0.250. The van der Waals surface area contributed by atoms with Gasteiger partial charge in [0.05, 0.1) is 19.3 Å². The molecule has 0 fully saturated rings. The summed E-state index contributed by atoms with van der Waals surface area (Å²) in [5, 5.41) is 21.0. The number of aryl methyl sites for hydroxylation is 1. The summed E-state index contributed by atoms with van der Waals surface area (Å²) in [6.45, 7) is 2.27. The highest BCUT2D eigenvalue weighted by Crippen LogP contribution is 2.28. The number of imidazole rings is 1. The van der Waals surface area contributed by atoms with Gasteiger partial charge in [0.15, 0.2) is 0 Å². The lowest BCUT2D eigenvalue weighted by Gasteiger charge is -2.22. The van der Waals surface area contributed by atoms with E-state index >= 15 is 0 Å². The summed E-state index contributed by atoms with van der Waals surface area (Å²) in [6.07, 6.45) is 1.49. The van der Waals surface area contributed by atoms with Crippen LogP contribution in [0.3, 0.4) is 0 Å². The van der Waals surface area contributed by atoms with Gasteiger partial charge in [-0.05, 0) is 33.5 Å². The Kier molecular flexibility index (Phi) is 5.95. The van der Waals surface area contributed by atoms with Crippen LogP contribution >= 0.6 is 0 Å². The molecule has 27 heavy (non-hydrogen) atoms. The first kappa shape index (κ1) is 18.8. The quantitative estimate of drug-likeness (QED) is 0.487. The van der Waals surface area contributed by atoms with Gasteiger partial charge in [-0.3, -0.25) is 0 Å². The summed E-state index contributed by atoms with van der Waals surface area (Å²) in [4.78, 5) is 13.8. The van der Waals surface area contributed by atoms with Crippen LogP contribution in [-0.4, -0.2) is 32.3 Å². The third-order valence-electron chi connectivity index (χ3n) is 4.26. The Morgan fingerprint density at radius 1 is 1.19 bits per heavy atom. The first-order valence-corrected chi connectivity index (χ1v) is 8.61. The summed E-state index contributed by atoms with van der Waals surface area (Å²) in [6, 6.07) is 17.8. The lowest BCUT2D eigenvalue weighted by Crippen LogP contribution is -2.23. The van der Waals surface area contributed by atoms with E-state index < -0.39 is 11.0 Å². The maximum absolute atomic E-state index is 10.7. The molecular weight excluding hydrogens is 346 g/mol. The van der Waals surface area contributed by atoms with Crippen molar-refractivity contribution >= 4 is 5.82 Å². The number of aromatic nitrogens is 2. The van der Waals surface area contributed by atoms with Crippen LogP contribution in [0.15, 0.2) is 67.1 Å². The molecule has 0 spiro atoms. The van der Waals surface area contributed by atoms with Gasteiger partial charge in [0.25, 0.3) is 0 Å². The van der Waals surface area contributed by atoms with Crippen LogP contribution in [0.4, 0.5) is 5.82 Å². The molecule has 0 aliphatic heterocycles. The summed E-state index contributed by atoms with van der Waals surface area (Å²) < 4.78 is 7.55. The zero-order chi connectivity index (χ0) is 19.2. The van der Waals surface area contributed by atoms with E-state index in [4.69, 9.17) is 4.74 Å². The molecule has 3 aromatic rings. The van der Waals surface area contributed by atoms with Crippen LogP contribution in [0.25, 0.3) is 0 Å². The molecule has 7 nitrogen and oxygen atoms in total. The van der Waals surface area contributed by atoms with E-state index in [9.17, 15) is 15.2 Å². The van der Waals surface area contributed by atoms with Gasteiger partial charge in [-0.1, -0.05) is 54.6 Å². The number of benzene rings is 2. The highest BCUT2D eigenvalue weighted by Gasteiger charge is 2.19. The van der Waals surface area contributed by atoms with E-state index in [0.29, 0.717) is 0 Å². The SMILES string of the molecule is Cc1ccccc1C(OCC(O)Cn1cnc([N+](=O)[O-])c1)c1ccccc1. The lowest BCUT2D eigenvalue weighted by molar-refractivity contribution is -0.389. The number of hydrogen-bond acceptors (Lipinski definition) is 5. The maximum Gasteiger partial charge on any atom is 0.381 e. The normalized spacial score (nSPS) is 13.3. The summed E-state index contributed by atoms with van der Waals surface area (Å²) in [5.74, 6) is -0.245. The van der Waals surface area contributed by atoms with Crippen molar-refractivity contribution in [3.63, 3.8) is 0 Å². The molecule has 0 radical (unpaired) electrons. The fourth-order valence-electron chi connectivity index (χ4n) is 2.92. The molecule has 0 bridgehead atoms. The minimum Gasteiger partial charge on any atom is -0.389 e. The topological polar surface area (TPSA) is 90.4 Å². The van der Waals surface area contributed by atoms with Crippen molar-refractivity contribution in [2.24, 2.45) is 0 Å². The van der Waals surface area contributed by atoms with Crippen molar-refractivity contribution in [2.45, 2.75) is 25.7 Å². The Hall–Kier alpha value is -3.03. The van der Waals surface area contributed by atoms with Crippen molar-refractivity contribution in [2.75, 3.05) is 6.61 Å². The van der Waals surface area contributed by atoms with E-state index in [1.165, 1.54) is 17.1 Å². The van der Waals surface area contributed by atoms with Gasteiger partial charge >= 0.3 is 5.82 Å². The second kappa shape index (κ2) is 8.57. The molecule has 2 atom stereocenters. The second-order valence-corrected chi connectivity index (χ2v) is 6.32. The smallest absolute Gasteiger partial charge is 0.381 e. The third-order valence-corrected chi connectivity index (χ3v) is 4.26. The standard InChI is InChI=1S/C20H21N3O4/c1-15-7-5-6-10-18(15)20(16-8-3-2-4-9-16)27-13-17(24)11-22-12-19(21-14-22)23(25)26/h2-10,12,14,17,20,24H,11,13H2,1H3. The molecule has 0 aliphatic rings. The van der Waals surface area contributed by atoms with Gasteiger partial charge in [-0.15, -0.1) is 0 Å². The van der Waals surface area contributed by atoms with Crippen molar-refractivity contribution < 1.29 is 14.8 Å². The molecule has 0 aliphatic carbocycles. The third kappa shape index (κ3) is 4.78. The fourth-order valence-corrected chi connectivity index (χ4v) is 2.92. The van der Waals surface area contributed by atoms with E-state index in [-0.39, 0.29) is 25.1 Å². The lowest BCUT2D eigenvalue weighted by atomic mass is 9.97. The first-order valence-electron chi connectivity index (χ1n) is 8.61. The minimum atomic E-state index is -0.825. The second-order valence-electron chi connectivity index (χ2n) is 6.32. The number of ether oxygens (including phenoxy) is 1. The Morgan fingerprint density at radius 3 is 2.56 bits per heavy atom. The minimum absolute atomic E-state index is 0.0832. The van der Waals surface area contributed by atoms with E-state index in [2.05, 4.69) is 4.98 Å². The van der Waals surface area contributed by atoms with Gasteiger partial charge < -0.3 is 24.5 Å². The van der Waals surface area contributed by atoms with E-state index in [1.54, 1.807) is 0 Å². The molecule has 2 unspecified atom stereocenters. The average molecular weight is 367 g/mol. The molecule has 0 amide bonds. The summed E-state index contributed by atoms with van der Waals surface area (Å²) in [7, 11) is 0. The molecule has 3 rings (SSSR count). The number of rotatable bonds is 8. The number of nitrogens with zero attached hydrogens (tertiary/aromatic N) is 3. The van der Waals surface area contributed by atoms with Crippen molar-refractivity contribution in [3.8, 4) is 0 Å². The van der Waals surface area contributed by atoms with E-state index in [0.717, 1.165) is 16.7 Å². The largest absolute Gasteiger partial charge is 0.389 e. The molecule has 140 valence electrons. The summed E-state index contributed by atoms with van der Waals surface area (Å²) in [5.41, 5.74) is 3.14. The number of aliphatic hydroxyl groups excluding tert-OH is 1. The van der Waals surface area contributed by atoms with Crippen molar-refractivity contribution in [3.05, 3.63) is 93.9 Å². The Morgan fingerprint density at radius 2 is 1.89 bits per heavy atom. The van der Waals surface area contributed by atoms with Gasteiger partial charge in [-0.2, -0.15) is 0 Å². The Labute approximate surface area is 157 Å². The maximum atomic E-state index is 10.7. The van der Waals surface area contributed by atoms with Crippen LogP contribution < -0.4 is 0 Å². The number of aliphatic hydroxyl groups is 1. The molecule has 7 heteroatoms. The Balaban J connectivity index is 1.71. The van der Waals surface area contributed by atoms with Gasteiger partial charge in [0.2, 0.25) is 6.33 Å². The van der Waals surface area contributed by atoms with Gasteiger partial charge in [0, 0.05) is 0 Å². The summed E-state index contributed by atoms with van der Waals surface area (Å²) >= 11 is 0. The van der Waals surface area contributed by atoms with Crippen LogP contribution in [0, 0.1) is 17.0 Å². The number of nitro groups is 1.